The third kappa shape index (κ3) is 2.71. The Labute approximate surface area is 76.7 Å². The Bertz CT molecular complexity index is 186. The molecule has 1 unspecified atom stereocenters. The van der Waals surface area contributed by atoms with Crippen molar-refractivity contribution < 1.29 is 19.5 Å². The van der Waals surface area contributed by atoms with Crippen LogP contribution in [0.2, 0.25) is 0 Å². The van der Waals surface area contributed by atoms with Crippen LogP contribution < -0.4 is 0 Å². The number of alkyl halides is 1. The van der Waals surface area contributed by atoms with Crippen LogP contribution in [0.1, 0.15) is 26.7 Å². The van der Waals surface area contributed by atoms with E-state index in [0.29, 0.717) is 12.8 Å². The highest BCUT2D eigenvalue weighted by Gasteiger charge is 2.43. The highest BCUT2D eigenvalue weighted by atomic mass is 35.5. The predicted octanol–water partition coefficient (Wildman–Crippen LogP) is 1.28. The summed E-state index contributed by atoms with van der Waals surface area (Å²) < 4.78 is 10.7. The van der Waals surface area contributed by atoms with E-state index in [-0.39, 0.29) is 0 Å². The summed E-state index contributed by atoms with van der Waals surface area (Å²) in [5.41, 5.74) is 0. The predicted molar refractivity (Wildman–Crippen MR) is 47.2 cm³/mol. The van der Waals surface area contributed by atoms with E-state index < -0.39 is 18.3 Å². The van der Waals surface area contributed by atoms with E-state index in [0.717, 1.165) is 0 Å². The first kappa shape index (κ1) is 12.4. The van der Waals surface area contributed by atoms with E-state index in [2.05, 4.69) is 0 Å². The third-order valence-electron chi connectivity index (χ3n) is 1.96. The molecule has 1 atom stereocenters. The molecule has 0 aromatic carbocycles. The van der Waals surface area contributed by atoms with Gasteiger partial charge in [-0.15, -0.1) is 11.6 Å². The summed E-state index contributed by atoms with van der Waals surface area (Å²) in [4.78, 5) is 16.1. The van der Waals surface area contributed by atoms with Gasteiger partial charge >= 0.3 is 7.60 Å². The summed E-state index contributed by atoms with van der Waals surface area (Å²) in [7, 11) is -4.49. The van der Waals surface area contributed by atoms with Gasteiger partial charge in [-0.3, -0.25) is 4.57 Å². The van der Waals surface area contributed by atoms with Gasteiger partial charge in [0, 0.05) is 0 Å². The highest BCUT2D eigenvalue weighted by molar-refractivity contribution is 7.52. The molecular weight excluding hydrogens is 202 g/mol. The summed E-state index contributed by atoms with van der Waals surface area (Å²) in [6.07, 6.45) is 0.634. The quantitative estimate of drug-likeness (QED) is 0.489. The molecule has 0 fully saturated rings. The first-order valence-corrected chi connectivity index (χ1v) is 5.76. The van der Waals surface area contributed by atoms with Gasteiger partial charge in [0.2, 0.25) is 0 Å². The van der Waals surface area contributed by atoms with Crippen LogP contribution >= 0.6 is 19.2 Å². The standard InChI is InChI=1S/C6H14ClO4P/c1-3-6(7,4-2)5(8)12(9,10)11/h5,8H,3-4H2,1-2H3,(H2,9,10,11). The van der Waals surface area contributed by atoms with Crippen LogP contribution in [-0.4, -0.2) is 25.6 Å². The van der Waals surface area contributed by atoms with Crippen LogP contribution in [0.3, 0.4) is 0 Å². The zero-order chi connectivity index (χ0) is 9.99. The summed E-state index contributed by atoms with van der Waals surface area (Å²) >= 11 is 5.80. The minimum Gasteiger partial charge on any atom is -0.379 e. The summed E-state index contributed by atoms with van der Waals surface area (Å²) in [5.74, 6) is -1.78. The minimum absolute atomic E-state index is 0.317. The van der Waals surface area contributed by atoms with Crippen LogP contribution in [0.5, 0.6) is 0 Å². The molecule has 0 aromatic heterocycles. The van der Waals surface area contributed by atoms with Crippen molar-refractivity contribution in [1.29, 1.82) is 0 Å². The van der Waals surface area contributed by atoms with Crippen LogP contribution in [-0.2, 0) is 4.57 Å². The Balaban J connectivity index is 4.65. The van der Waals surface area contributed by atoms with Crippen LogP contribution in [0.4, 0.5) is 0 Å². The van der Waals surface area contributed by atoms with Crippen molar-refractivity contribution in [3.05, 3.63) is 0 Å². The molecule has 0 spiro atoms. The van der Waals surface area contributed by atoms with Crippen molar-refractivity contribution in [1.82, 2.24) is 0 Å². The lowest BCUT2D eigenvalue weighted by Crippen LogP contribution is -2.35. The maximum atomic E-state index is 10.7. The first-order chi connectivity index (χ1) is 5.28. The maximum absolute atomic E-state index is 10.7. The van der Waals surface area contributed by atoms with Crippen molar-refractivity contribution in [3.8, 4) is 0 Å². The first-order valence-electron chi connectivity index (χ1n) is 3.70. The molecule has 12 heavy (non-hydrogen) atoms. The number of rotatable bonds is 4. The fraction of sp³-hybridized carbons (Fsp3) is 1.00. The van der Waals surface area contributed by atoms with E-state index >= 15 is 0 Å². The summed E-state index contributed by atoms with van der Waals surface area (Å²) in [6.45, 7) is 3.35. The van der Waals surface area contributed by atoms with Gasteiger partial charge in [-0.25, -0.2) is 0 Å². The second kappa shape index (κ2) is 4.07. The fourth-order valence-corrected chi connectivity index (χ4v) is 2.27. The van der Waals surface area contributed by atoms with E-state index in [1.165, 1.54) is 0 Å². The van der Waals surface area contributed by atoms with Crippen LogP contribution in [0.25, 0.3) is 0 Å². The molecular formula is C6H14ClO4P. The molecule has 0 aromatic rings. The van der Waals surface area contributed by atoms with Gasteiger partial charge in [0.05, 0.1) is 4.87 Å². The molecule has 0 bridgehead atoms. The van der Waals surface area contributed by atoms with E-state index in [9.17, 15) is 9.67 Å². The number of hydrogen-bond acceptors (Lipinski definition) is 2. The van der Waals surface area contributed by atoms with Crippen LogP contribution in [0, 0.1) is 0 Å². The lowest BCUT2D eigenvalue weighted by atomic mass is 10.0. The maximum Gasteiger partial charge on any atom is 0.355 e. The zero-order valence-electron chi connectivity index (χ0n) is 7.07. The summed E-state index contributed by atoms with van der Waals surface area (Å²) in [6, 6.07) is 0. The Kier molecular flexibility index (Phi) is 4.21. The Morgan fingerprint density at radius 1 is 1.42 bits per heavy atom. The molecule has 6 heteroatoms. The van der Waals surface area contributed by atoms with Crippen molar-refractivity contribution in [2.75, 3.05) is 0 Å². The lowest BCUT2D eigenvalue weighted by molar-refractivity contribution is 0.154. The average molecular weight is 217 g/mol. The van der Waals surface area contributed by atoms with Crippen LogP contribution in [0.15, 0.2) is 0 Å². The smallest absolute Gasteiger partial charge is 0.355 e. The Morgan fingerprint density at radius 3 is 1.83 bits per heavy atom. The number of aliphatic hydroxyl groups excluding tert-OH is 1. The second-order valence-electron chi connectivity index (χ2n) is 2.70. The van der Waals surface area contributed by atoms with Crippen molar-refractivity contribution in [2.45, 2.75) is 37.4 Å². The van der Waals surface area contributed by atoms with E-state index in [4.69, 9.17) is 21.4 Å². The Morgan fingerprint density at radius 2 is 1.75 bits per heavy atom. The van der Waals surface area contributed by atoms with Crippen molar-refractivity contribution in [2.24, 2.45) is 0 Å². The SMILES string of the molecule is CCC(Cl)(CC)C(O)P(=O)(O)O. The largest absolute Gasteiger partial charge is 0.379 e. The number of aliphatic hydroxyl groups is 1. The average Bonchev–Trinajstić information content (AvgIpc) is 2.00. The van der Waals surface area contributed by atoms with Gasteiger partial charge in [-0.1, -0.05) is 13.8 Å². The van der Waals surface area contributed by atoms with Crippen molar-refractivity contribution in [3.63, 3.8) is 0 Å². The summed E-state index contributed by atoms with van der Waals surface area (Å²) in [5, 5.41) is 9.21. The number of hydrogen-bond donors (Lipinski definition) is 3. The van der Waals surface area contributed by atoms with E-state index in [1.807, 2.05) is 0 Å². The van der Waals surface area contributed by atoms with Gasteiger partial charge in [-0.2, -0.15) is 0 Å². The third-order valence-corrected chi connectivity index (χ3v) is 3.98. The molecule has 0 rings (SSSR count). The number of halogens is 1. The zero-order valence-corrected chi connectivity index (χ0v) is 8.72. The van der Waals surface area contributed by atoms with Gasteiger partial charge in [-0.05, 0) is 12.8 Å². The molecule has 0 saturated carbocycles. The second-order valence-corrected chi connectivity index (χ2v) is 5.12. The molecule has 0 saturated heterocycles. The molecule has 0 aliphatic rings. The minimum atomic E-state index is -4.49. The molecule has 0 radical (unpaired) electrons. The van der Waals surface area contributed by atoms with Gasteiger partial charge in [0.25, 0.3) is 0 Å². The molecule has 3 N–H and O–H groups in total. The molecule has 0 amide bonds. The van der Waals surface area contributed by atoms with Gasteiger partial charge < -0.3 is 14.9 Å². The molecule has 0 aliphatic carbocycles. The normalized spacial score (nSPS) is 16.2. The highest BCUT2D eigenvalue weighted by Crippen LogP contribution is 2.49. The van der Waals surface area contributed by atoms with E-state index in [1.54, 1.807) is 13.8 Å². The molecule has 74 valence electrons. The molecule has 4 nitrogen and oxygen atoms in total. The monoisotopic (exact) mass is 216 g/mol. The lowest BCUT2D eigenvalue weighted by Gasteiger charge is -2.29. The molecule has 0 aliphatic heterocycles. The topological polar surface area (TPSA) is 77.8 Å². The fourth-order valence-electron chi connectivity index (χ4n) is 0.917. The Hall–Kier alpha value is 0.400. The molecule has 0 heterocycles. The van der Waals surface area contributed by atoms with Gasteiger partial charge in [0.15, 0.2) is 5.85 Å². The van der Waals surface area contributed by atoms with Gasteiger partial charge in [0.1, 0.15) is 0 Å². The van der Waals surface area contributed by atoms with Crippen molar-refractivity contribution >= 4 is 19.2 Å².